The van der Waals surface area contributed by atoms with Crippen LogP contribution in [0.3, 0.4) is 0 Å². The van der Waals surface area contributed by atoms with Crippen molar-refractivity contribution in [2.45, 2.75) is 39.0 Å². The van der Waals surface area contributed by atoms with Gasteiger partial charge in [-0.05, 0) is 54.5 Å². The number of amides is 3. The van der Waals surface area contributed by atoms with Crippen molar-refractivity contribution in [3.05, 3.63) is 82.0 Å². The average molecular weight is 508 g/mol. The number of carbonyl (C=O) groups excluding carboxylic acids is 2. The van der Waals surface area contributed by atoms with E-state index >= 15 is 0 Å². The van der Waals surface area contributed by atoms with Crippen molar-refractivity contribution < 1.29 is 19.1 Å². The van der Waals surface area contributed by atoms with Crippen LogP contribution in [0.25, 0.3) is 0 Å². The summed E-state index contributed by atoms with van der Waals surface area (Å²) >= 11 is 1.64. The number of benzene rings is 2. The minimum Gasteiger partial charge on any atom is -0.495 e. The number of thiophene rings is 1. The number of hydrogen-bond donors (Lipinski definition) is 1. The van der Waals surface area contributed by atoms with E-state index in [4.69, 9.17) is 9.47 Å². The Morgan fingerprint density at radius 2 is 1.83 bits per heavy atom. The zero-order valence-corrected chi connectivity index (χ0v) is 21.6. The van der Waals surface area contributed by atoms with E-state index in [2.05, 4.69) is 18.3 Å². The molecule has 3 aromatic rings. The lowest BCUT2D eigenvalue weighted by molar-refractivity contribution is -0.133. The Bertz CT molecular complexity index is 1140. The highest BCUT2D eigenvalue weighted by atomic mass is 32.1. The molecule has 1 atom stereocenters. The van der Waals surface area contributed by atoms with Gasteiger partial charge in [-0.1, -0.05) is 42.5 Å². The molecule has 1 aromatic heterocycles. The maximum absolute atomic E-state index is 13.7. The van der Waals surface area contributed by atoms with Gasteiger partial charge in [-0.3, -0.25) is 4.79 Å². The lowest BCUT2D eigenvalue weighted by Gasteiger charge is -2.29. The molecule has 1 N–H and O–H groups in total. The number of nitrogens with one attached hydrogen (secondary N) is 1. The van der Waals surface area contributed by atoms with Gasteiger partial charge in [0.05, 0.1) is 25.4 Å². The monoisotopic (exact) mass is 507 g/mol. The molecule has 1 saturated heterocycles. The quantitative estimate of drug-likeness (QED) is 0.404. The van der Waals surface area contributed by atoms with Crippen LogP contribution < -0.4 is 10.1 Å². The topological polar surface area (TPSA) is 71.1 Å². The van der Waals surface area contributed by atoms with Gasteiger partial charge in [-0.2, -0.15) is 0 Å². The SMILES string of the molecule is COc1ccccc1NC(=O)N(CC(=O)N(Cc1ccccc1)Cc1sccc1C)CC1CCCO1. The molecule has 2 heterocycles. The van der Waals surface area contributed by atoms with E-state index in [0.717, 1.165) is 28.8 Å². The lowest BCUT2D eigenvalue weighted by Crippen LogP contribution is -2.46. The first-order valence-electron chi connectivity index (χ1n) is 12.2. The first-order valence-corrected chi connectivity index (χ1v) is 13.1. The minimum atomic E-state index is -0.352. The molecular formula is C28H33N3O4S. The largest absolute Gasteiger partial charge is 0.495 e. The van der Waals surface area contributed by atoms with Crippen LogP contribution in [0, 0.1) is 6.92 Å². The molecule has 1 aliphatic rings. The molecule has 8 heteroatoms. The van der Waals surface area contributed by atoms with E-state index in [-0.39, 0.29) is 24.6 Å². The smallest absolute Gasteiger partial charge is 0.322 e. The molecule has 36 heavy (non-hydrogen) atoms. The molecule has 7 nitrogen and oxygen atoms in total. The van der Waals surface area contributed by atoms with E-state index in [0.29, 0.717) is 37.7 Å². The maximum Gasteiger partial charge on any atom is 0.322 e. The molecule has 0 bridgehead atoms. The summed E-state index contributed by atoms with van der Waals surface area (Å²) in [6.45, 7) is 4.01. The van der Waals surface area contributed by atoms with Gasteiger partial charge in [0.25, 0.3) is 0 Å². The van der Waals surface area contributed by atoms with Gasteiger partial charge >= 0.3 is 6.03 Å². The van der Waals surface area contributed by atoms with E-state index < -0.39 is 0 Å². The van der Waals surface area contributed by atoms with Crippen LogP contribution in [0.5, 0.6) is 5.75 Å². The fourth-order valence-corrected chi connectivity index (χ4v) is 5.16. The number of urea groups is 1. The van der Waals surface area contributed by atoms with Crippen LogP contribution in [0.15, 0.2) is 66.0 Å². The highest BCUT2D eigenvalue weighted by molar-refractivity contribution is 7.10. The Balaban J connectivity index is 1.53. The summed E-state index contributed by atoms with van der Waals surface area (Å²) in [4.78, 5) is 31.6. The maximum atomic E-state index is 13.7. The number of para-hydroxylation sites is 2. The number of aryl methyl sites for hydroxylation is 1. The van der Waals surface area contributed by atoms with E-state index in [1.54, 1.807) is 35.5 Å². The minimum absolute atomic E-state index is 0.0436. The van der Waals surface area contributed by atoms with Gasteiger partial charge in [-0.15, -0.1) is 11.3 Å². The summed E-state index contributed by atoms with van der Waals surface area (Å²) in [6, 6.07) is 18.9. The molecule has 0 aliphatic carbocycles. The molecule has 2 aromatic carbocycles. The standard InChI is InChI=1S/C28H33N3O4S/c1-21-14-16-36-26(21)19-30(17-22-9-4-3-5-10-22)27(32)20-31(18-23-11-8-15-35-23)28(33)29-24-12-6-7-13-25(24)34-2/h3-7,9-10,12-14,16,23H,8,11,15,17-20H2,1-2H3,(H,29,33). The third kappa shape index (κ3) is 6.86. The summed E-state index contributed by atoms with van der Waals surface area (Å²) in [6.07, 6.45) is 1.75. The molecular weight excluding hydrogens is 474 g/mol. The van der Waals surface area contributed by atoms with E-state index in [1.165, 1.54) is 0 Å². The summed E-state index contributed by atoms with van der Waals surface area (Å²) in [5.41, 5.74) is 2.77. The van der Waals surface area contributed by atoms with Crippen LogP contribution in [-0.4, -0.2) is 54.6 Å². The fraction of sp³-hybridized carbons (Fsp3) is 0.357. The third-order valence-corrected chi connectivity index (χ3v) is 7.29. The van der Waals surface area contributed by atoms with Crippen LogP contribution in [0.1, 0.15) is 28.8 Å². The Hall–Kier alpha value is -3.36. The summed E-state index contributed by atoms with van der Waals surface area (Å²) in [5, 5.41) is 4.96. The number of carbonyl (C=O) groups is 2. The first kappa shape index (κ1) is 25.7. The average Bonchev–Trinajstić information content (AvgIpc) is 3.55. The van der Waals surface area contributed by atoms with Gasteiger partial charge in [0, 0.05) is 24.6 Å². The number of nitrogens with zero attached hydrogens (tertiary/aromatic N) is 2. The van der Waals surface area contributed by atoms with Crippen LogP contribution in [0.4, 0.5) is 10.5 Å². The molecule has 1 fully saturated rings. The van der Waals surface area contributed by atoms with Gasteiger partial charge < -0.3 is 24.6 Å². The van der Waals surface area contributed by atoms with Crippen molar-refractivity contribution in [3.63, 3.8) is 0 Å². The molecule has 4 rings (SSSR count). The van der Waals surface area contributed by atoms with Gasteiger partial charge in [0.15, 0.2) is 0 Å². The zero-order valence-electron chi connectivity index (χ0n) is 20.8. The van der Waals surface area contributed by atoms with Gasteiger partial charge in [-0.25, -0.2) is 4.79 Å². The Labute approximate surface area is 216 Å². The van der Waals surface area contributed by atoms with Crippen LogP contribution in [0.2, 0.25) is 0 Å². The van der Waals surface area contributed by atoms with Crippen molar-refractivity contribution in [1.29, 1.82) is 0 Å². The number of ether oxygens (including phenoxy) is 2. The molecule has 0 saturated carbocycles. The number of rotatable bonds is 10. The van der Waals surface area contributed by atoms with E-state index in [1.807, 2.05) is 52.7 Å². The molecule has 190 valence electrons. The number of hydrogen-bond acceptors (Lipinski definition) is 5. The fourth-order valence-electron chi connectivity index (χ4n) is 4.23. The Morgan fingerprint density at radius 1 is 1.06 bits per heavy atom. The molecule has 0 radical (unpaired) electrons. The second-order valence-corrected chi connectivity index (χ2v) is 9.91. The summed E-state index contributed by atoms with van der Waals surface area (Å²) < 4.78 is 11.2. The van der Waals surface area contributed by atoms with Crippen molar-refractivity contribution >= 4 is 29.0 Å². The molecule has 1 unspecified atom stereocenters. The molecule has 3 amide bonds. The molecule has 1 aliphatic heterocycles. The normalized spacial score (nSPS) is 14.9. The van der Waals surface area contributed by atoms with Crippen molar-refractivity contribution in [2.75, 3.05) is 32.1 Å². The predicted octanol–water partition coefficient (Wildman–Crippen LogP) is 5.31. The van der Waals surface area contributed by atoms with Crippen molar-refractivity contribution in [2.24, 2.45) is 0 Å². The molecule has 0 spiro atoms. The van der Waals surface area contributed by atoms with Crippen molar-refractivity contribution in [3.8, 4) is 5.75 Å². The van der Waals surface area contributed by atoms with Crippen LogP contribution >= 0.6 is 11.3 Å². The van der Waals surface area contributed by atoms with Gasteiger partial charge in [0.2, 0.25) is 5.91 Å². The van der Waals surface area contributed by atoms with Crippen molar-refractivity contribution in [1.82, 2.24) is 9.80 Å². The highest BCUT2D eigenvalue weighted by Crippen LogP contribution is 2.24. The Kier molecular flexibility index (Phi) is 8.97. The zero-order chi connectivity index (χ0) is 25.3. The van der Waals surface area contributed by atoms with E-state index in [9.17, 15) is 9.59 Å². The predicted molar refractivity (Wildman–Crippen MR) is 142 cm³/mol. The third-order valence-electron chi connectivity index (χ3n) is 6.28. The second kappa shape index (κ2) is 12.6. The van der Waals surface area contributed by atoms with Crippen LogP contribution in [-0.2, 0) is 22.6 Å². The Morgan fingerprint density at radius 3 is 2.53 bits per heavy atom. The summed E-state index contributed by atoms with van der Waals surface area (Å²) in [5.74, 6) is 0.452. The first-order chi connectivity index (χ1) is 17.5. The number of methoxy groups -OCH3 is 1. The highest BCUT2D eigenvalue weighted by Gasteiger charge is 2.27. The van der Waals surface area contributed by atoms with Gasteiger partial charge in [0.1, 0.15) is 12.3 Å². The lowest BCUT2D eigenvalue weighted by atomic mass is 10.2. The number of anilines is 1. The second-order valence-electron chi connectivity index (χ2n) is 8.91. The summed E-state index contributed by atoms with van der Waals surface area (Å²) in [7, 11) is 1.56.